The minimum Gasteiger partial charge on any atom is -0.282 e. The second-order valence-corrected chi connectivity index (χ2v) is 7.79. The fourth-order valence-corrected chi connectivity index (χ4v) is 3.53. The minimum absolute atomic E-state index is 0.0401. The van der Waals surface area contributed by atoms with Crippen LogP contribution in [0.1, 0.15) is 36.2 Å². The van der Waals surface area contributed by atoms with Gasteiger partial charge in [-0.3, -0.25) is 9.69 Å². The first-order valence-electron chi connectivity index (χ1n) is 9.12. The first-order valence-corrected chi connectivity index (χ1v) is 9.94. The van der Waals surface area contributed by atoms with Gasteiger partial charge in [-0.05, 0) is 30.0 Å². The Kier molecular flexibility index (Phi) is 6.31. The van der Waals surface area contributed by atoms with Crippen LogP contribution in [-0.2, 0) is 0 Å². The molecule has 0 aliphatic carbocycles. The fourth-order valence-electron chi connectivity index (χ4n) is 2.65. The molecule has 0 saturated carbocycles. The molecule has 3 aromatic rings. The van der Waals surface area contributed by atoms with Crippen LogP contribution >= 0.6 is 11.3 Å². The van der Waals surface area contributed by atoms with Gasteiger partial charge in [0.25, 0.3) is 5.91 Å². The van der Waals surface area contributed by atoms with E-state index in [1.807, 2.05) is 24.3 Å². The zero-order valence-corrected chi connectivity index (χ0v) is 16.7. The molecule has 0 aliphatic heterocycles. The summed E-state index contributed by atoms with van der Waals surface area (Å²) in [5.41, 5.74) is 1.97. The Morgan fingerprint density at radius 1 is 1.18 bits per heavy atom. The van der Waals surface area contributed by atoms with Gasteiger partial charge in [-0.15, -0.1) is 10.2 Å². The molecule has 3 rings (SSSR count). The van der Waals surface area contributed by atoms with Crippen LogP contribution in [0.3, 0.4) is 0 Å². The number of benzene rings is 2. The molecule has 0 radical (unpaired) electrons. The van der Waals surface area contributed by atoms with Crippen LogP contribution in [0, 0.1) is 11.7 Å². The number of hydrogen-bond acceptors (Lipinski definition) is 4. The molecule has 0 N–H and O–H groups in total. The molecule has 4 nitrogen and oxygen atoms in total. The van der Waals surface area contributed by atoms with Gasteiger partial charge in [0.05, 0.1) is 5.56 Å². The van der Waals surface area contributed by atoms with Gasteiger partial charge in [0.1, 0.15) is 10.8 Å². The molecule has 1 aromatic heterocycles. The molecule has 0 atom stereocenters. The summed E-state index contributed by atoms with van der Waals surface area (Å²) in [6.45, 7) is 8.37. The third-order valence-electron chi connectivity index (χ3n) is 4.32. The molecule has 2 aromatic carbocycles. The average Bonchev–Trinajstić information content (AvgIpc) is 3.18. The fraction of sp³-hybridized carbons (Fsp3) is 0.227. The molecule has 1 heterocycles. The first kappa shape index (κ1) is 19.9. The summed E-state index contributed by atoms with van der Waals surface area (Å²) in [4.78, 5) is 14.5. The van der Waals surface area contributed by atoms with Crippen molar-refractivity contribution in [2.45, 2.75) is 20.3 Å². The lowest BCUT2D eigenvalue weighted by atomic mass is 10.1. The van der Waals surface area contributed by atoms with Gasteiger partial charge in [-0.25, -0.2) is 4.39 Å². The van der Waals surface area contributed by atoms with Crippen molar-refractivity contribution in [2.24, 2.45) is 5.92 Å². The highest BCUT2D eigenvalue weighted by Crippen LogP contribution is 2.30. The largest absolute Gasteiger partial charge is 0.282 e. The average molecular weight is 396 g/mol. The molecule has 0 fully saturated rings. The van der Waals surface area contributed by atoms with Gasteiger partial charge in [0.2, 0.25) is 5.13 Å². The summed E-state index contributed by atoms with van der Waals surface area (Å²) in [5.74, 6) is -0.537. The standard InChI is InChI=1S/C22H22FN3OS/c1-4-16-9-11-17(12-10-16)20-24-25-22(28-20)26(14-13-15(2)3)21(27)18-7-5-6-8-19(18)23/h4-12,15H,1,13-14H2,2-3H3. The lowest BCUT2D eigenvalue weighted by molar-refractivity contribution is 0.0982. The van der Waals surface area contributed by atoms with Gasteiger partial charge in [-0.2, -0.15) is 0 Å². The summed E-state index contributed by atoms with van der Waals surface area (Å²) >= 11 is 1.32. The van der Waals surface area contributed by atoms with E-state index in [4.69, 9.17) is 0 Å². The van der Waals surface area contributed by atoms with Crippen LogP contribution in [-0.4, -0.2) is 22.6 Å². The minimum atomic E-state index is -0.535. The molecule has 6 heteroatoms. The number of amides is 1. The van der Waals surface area contributed by atoms with E-state index >= 15 is 0 Å². The third-order valence-corrected chi connectivity index (χ3v) is 5.31. The van der Waals surface area contributed by atoms with Gasteiger partial charge in [-0.1, -0.05) is 74.2 Å². The van der Waals surface area contributed by atoms with Crippen LogP contribution in [0.2, 0.25) is 0 Å². The Bertz CT molecular complexity index is 966. The molecule has 0 aliphatic rings. The predicted molar refractivity (Wildman–Crippen MR) is 113 cm³/mol. The zero-order chi connectivity index (χ0) is 20.1. The van der Waals surface area contributed by atoms with Crippen molar-refractivity contribution < 1.29 is 9.18 Å². The van der Waals surface area contributed by atoms with E-state index in [2.05, 4.69) is 30.6 Å². The number of aromatic nitrogens is 2. The van der Waals surface area contributed by atoms with Crippen molar-refractivity contribution >= 4 is 28.5 Å². The van der Waals surface area contributed by atoms with E-state index in [0.717, 1.165) is 17.5 Å². The second-order valence-electron chi connectivity index (χ2n) is 6.84. The van der Waals surface area contributed by atoms with Crippen LogP contribution in [0.4, 0.5) is 9.52 Å². The van der Waals surface area contributed by atoms with E-state index in [9.17, 15) is 9.18 Å². The number of carbonyl (C=O) groups is 1. The second kappa shape index (κ2) is 8.89. The summed E-state index contributed by atoms with van der Waals surface area (Å²) < 4.78 is 14.2. The first-order chi connectivity index (χ1) is 13.5. The molecule has 0 spiro atoms. The Labute approximate surface area is 168 Å². The topological polar surface area (TPSA) is 46.1 Å². The molecule has 1 amide bonds. The number of rotatable bonds is 7. The van der Waals surface area contributed by atoms with Crippen LogP contribution in [0.25, 0.3) is 16.6 Å². The Balaban J connectivity index is 1.92. The van der Waals surface area contributed by atoms with Gasteiger partial charge >= 0.3 is 0 Å². The Hall–Kier alpha value is -2.86. The number of hydrogen-bond donors (Lipinski definition) is 0. The summed E-state index contributed by atoms with van der Waals surface area (Å²) in [7, 11) is 0. The number of anilines is 1. The monoisotopic (exact) mass is 395 g/mol. The van der Waals surface area contributed by atoms with Crippen LogP contribution < -0.4 is 4.90 Å². The van der Waals surface area contributed by atoms with E-state index in [-0.39, 0.29) is 5.56 Å². The van der Waals surface area contributed by atoms with Crippen molar-refractivity contribution in [2.75, 3.05) is 11.4 Å². The maximum atomic E-state index is 14.2. The van der Waals surface area contributed by atoms with Crippen molar-refractivity contribution in [1.29, 1.82) is 0 Å². The van der Waals surface area contributed by atoms with Crippen LogP contribution in [0.15, 0.2) is 55.1 Å². The quantitative estimate of drug-likeness (QED) is 0.517. The lowest BCUT2D eigenvalue weighted by Crippen LogP contribution is -2.33. The van der Waals surface area contributed by atoms with Crippen LogP contribution in [0.5, 0.6) is 0 Å². The van der Waals surface area contributed by atoms with E-state index in [1.54, 1.807) is 18.2 Å². The molecule has 0 bridgehead atoms. The lowest BCUT2D eigenvalue weighted by Gasteiger charge is -2.20. The van der Waals surface area contributed by atoms with E-state index < -0.39 is 11.7 Å². The number of nitrogens with zero attached hydrogens (tertiary/aromatic N) is 3. The van der Waals surface area contributed by atoms with Gasteiger partial charge < -0.3 is 0 Å². The highest BCUT2D eigenvalue weighted by molar-refractivity contribution is 7.18. The smallest absolute Gasteiger partial charge is 0.263 e. The summed E-state index contributed by atoms with van der Waals surface area (Å²) in [5, 5.41) is 9.64. The number of halogens is 1. The molecule has 0 unspecified atom stereocenters. The van der Waals surface area contributed by atoms with Gasteiger partial charge in [0, 0.05) is 12.1 Å². The summed E-state index contributed by atoms with van der Waals surface area (Å²) in [6.07, 6.45) is 2.55. The molecule has 144 valence electrons. The number of carbonyl (C=O) groups excluding carboxylic acids is 1. The Morgan fingerprint density at radius 2 is 1.89 bits per heavy atom. The van der Waals surface area contributed by atoms with E-state index in [1.165, 1.54) is 28.4 Å². The highest BCUT2D eigenvalue weighted by atomic mass is 32.1. The molecular weight excluding hydrogens is 373 g/mol. The molecule has 28 heavy (non-hydrogen) atoms. The van der Waals surface area contributed by atoms with Crippen molar-refractivity contribution in [3.05, 3.63) is 72.1 Å². The van der Waals surface area contributed by atoms with E-state index in [0.29, 0.717) is 22.6 Å². The molecule has 0 saturated heterocycles. The predicted octanol–water partition coefficient (Wildman–Crippen LogP) is 5.68. The zero-order valence-electron chi connectivity index (χ0n) is 15.9. The maximum Gasteiger partial charge on any atom is 0.263 e. The highest BCUT2D eigenvalue weighted by Gasteiger charge is 2.24. The maximum absolute atomic E-state index is 14.2. The Morgan fingerprint density at radius 3 is 2.54 bits per heavy atom. The van der Waals surface area contributed by atoms with Crippen molar-refractivity contribution in [3.8, 4) is 10.6 Å². The van der Waals surface area contributed by atoms with Gasteiger partial charge in [0.15, 0.2) is 0 Å². The molecular formula is C22H22FN3OS. The normalized spacial score (nSPS) is 10.9. The summed E-state index contributed by atoms with van der Waals surface area (Å²) in [6, 6.07) is 13.8. The van der Waals surface area contributed by atoms with Crippen molar-refractivity contribution in [1.82, 2.24) is 10.2 Å². The SMILES string of the molecule is C=Cc1ccc(-c2nnc(N(CCC(C)C)C(=O)c3ccccc3F)s2)cc1. The van der Waals surface area contributed by atoms with Crippen molar-refractivity contribution in [3.63, 3.8) is 0 Å². The third kappa shape index (κ3) is 4.51.